The maximum atomic E-state index is 11.6. The minimum absolute atomic E-state index is 0.132. The van der Waals surface area contributed by atoms with E-state index >= 15 is 0 Å². The standard InChI is InChI=1S/C25H40O7/c1-3-4-10-14-22(27)15-11-8-6-5-7-9-12-16-23(28)17-13-18-25(30)32-20-24(29)19-31-21(2)26/h6-9,11-12,15-16,22-24,27-29H,3-5,10,13-14,17-20H2,1-2H3/b8-6-,9-7-,15-11+,16-12+/t22-,23-,24+/m0/s1. The largest absolute Gasteiger partial charge is 0.463 e. The normalized spacial score (nSPS) is 15.0. The molecule has 32 heavy (non-hydrogen) atoms. The van der Waals surface area contributed by atoms with Gasteiger partial charge in [0.2, 0.25) is 0 Å². The van der Waals surface area contributed by atoms with Crippen molar-refractivity contribution in [2.75, 3.05) is 13.2 Å². The fourth-order valence-corrected chi connectivity index (χ4v) is 2.55. The average Bonchev–Trinajstić information content (AvgIpc) is 2.75. The van der Waals surface area contributed by atoms with Gasteiger partial charge in [0.15, 0.2) is 0 Å². The number of esters is 2. The molecule has 0 fully saturated rings. The number of rotatable bonds is 18. The molecule has 0 heterocycles. The molecule has 0 saturated heterocycles. The number of carbonyl (C=O) groups is 2. The summed E-state index contributed by atoms with van der Waals surface area (Å²) in [6.07, 6.45) is 18.5. The van der Waals surface area contributed by atoms with E-state index in [0.29, 0.717) is 12.8 Å². The molecule has 3 atom stereocenters. The first-order valence-corrected chi connectivity index (χ1v) is 11.3. The maximum absolute atomic E-state index is 11.6. The molecule has 0 radical (unpaired) electrons. The Bertz CT molecular complexity index is 607. The highest BCUT2D eigenvalue weighted by Crippen LogP contribution is 2.05. The van der Waals surface area contributed by atoms with Crippen LogP contribution < -0.4 is 0 Å². The van der Waals surface area contributed by atoms with E-state index in [-0.39, 0.29) is 25.7 Å². The van der Waals surface area contributed by atoms with Gasteiger partial charge in [-0.25, -0.2) is 0 Å². The lowest BCUT2D eigenvalue weighted by atomic mass is 10.1. The first kappa shape index (κ1) is 29.8. The highest BCUT2D eigenvalue weighted by atomic mass is 16.6. The van der Waals surface area contributed by atoms with E-state index in [1.165, 1.54) is 6.92 Å². The van der Waals surface area contributed by atoms with Gasteiger partial charge < -0.3 is 24.8 Å². The van der Waals surface area contributed by atoms with Gasteiger partial charge in [-0.3, -0.25) is 9.59 Å². The van der Waals surface area contributed by atoms with Gasteiger partial charge in [-0.05, 0) is 25.7 Å². The van der Waals surface area contributed by atoms with Gasteiger partial charge in [-0.15, -0.1) is 0 Å². The van der Waals surface area contributed by atoms with Crippen LogP contribution in [0.5, 0.6) is 0 Å². The summed E-state index contributed by atoms with van der Waals surface area (Å²) in [7, 11) is 0. The number of carbonyl (C=O) groups excluding carboxylic acids is 2. The van der Waals surface area contributed by atoms with Crippen LogP contribution in [0.4, 0.5) is 0 Å². The highest BCUT2D eigenvalue weighted by molar-refractivity contribution is 5.69. The lowest BCUT2D eigenvalue weighted by Gasteiger charge is -2.11. The first-order valence-electron chi connectivity index (χ1n) is 11.3. The van der Waals surface area contributed by atoms with E-state index in [2.05, 4.69) is 11.7 Å². The van der Waals surface area contributed by atoms with E-state index in [0.717, 1.165) is 32.1 Å². The lowest BCUT2D eigenvalue weighted by Crippen LogP contribution is -2.24. The van der Waals surface area contributed by atoms with Crippen LogP contribution in [-0.2, 0) is 19.1 Å². The zero-order valence-corrected chi connectivity index (χ0v) is 19.4. The monoisotopic (exact) mass is 452 g/mol. The Hall–Kier alpha value is -2.22. The predicted molar refractivity (Wildman–Crippen MR) is 125 cm³/mol. The van der Waals surface area contributed by atoms with Crippen molar-refractivity contribution in [3.8, 4) is 0 Å². The molecule has 7 heteroatoms. The van der Waals surface area contributed by atoms with Crippen molar-refractivity contribution in [1.82, 2.24) is 0 Å². The predicted octanol–water partition coefficient (Wildman–Crippen LogP) is 3.54. The third-order valence-corrected chi connectivity index (χ3v) is 4.33. The van der Waals surface area contributed by atoms with Crippen LogP contribution in [-0.4, -0.2) is 58.8 Å². The van der Waals surface area contributed by atoms with Crippen molar-refractivity contribution >= 4 is 11.9 Å². The molecule has 0 bridgehead atoms. The summed E-state index contributed by atoms with van der Waals surface area (Å²) in [5.74, 6) is -0.984. The van der Waals surface area contributed by atoms with E-state index < -0.39 is 24.1 Å². The number of unbranched alkanes of at least 4 members (excludes halogenated alkanes) is 2. The summed E-state index contributed by atoms with van der Waals surface area (Å²) in [6, 6.07) is 0. The molecule has 0 unspecified atom stereocenters. The molecule has 3 N–H and O–H groups in total. The summed E-state index contributed by atoms with van der Waals surface area (Å²) in [4.78, 5) is 22.2. The first-order chi connectivity index (χ1) is 15.3. The Morgan fingerprint density at radius 1 is 0.812 bits per heavy atom. The van der Waals surface area contributed by atoms with Crippen molar-refractivity contribution in [2.45, 2.75) is 83.5 Å². The van der Waals surface area contributed by atoms with Crippen LogP contribution in [0.2, 0.25) is 0 Å². The molecule has 0 spiro atoms. The minimum atomic E-state index is -1.05. The third-order valence-electron chi connectivity index (χ3n) is 4.33. The van der Waals surface area contributed by atoms with Crippen molar-refractivity contribution in [3.05, 3.63) is 48.6 Å². The van der Waals surface area contributed by atoms with Gasteiger partial charge in [-0.2, -0.15) is 0 Å². The summed E-state index contributed by atoms with van der Waals surface area (Å²) in [6.45, 7) is 2.92. The fourth-order valence-electron chi connectivity index (χ4n) is 2.55. The second-order valence-corrected chi connectivity index (χ2v) is 7.52. The number of allylic oxidation sites excluding steroid dienone is 6. The topological polar surface area (TPSA) is 113 Å². The van der Waals surface area contributed by atoms with Crippen LogP contribution in [0.3, 0.4) is 0 Å². The summed E-state index contributed by atoms with van der Waals surface area (Å²) in [5, 5.41) is 29.1. The molecule has 0 saturated carbocycles. The Labute approximate surface area is 192 Å². The number of hydrogen-bond donors (Lipinski definition) is 3. The SMILES string of the molecule is CCCCC[C@H](O)/C=C/C=C\C/C=C\C=C\[C@H](O)CCCC(=O)OC[C@H](O)COC(C)=O. The fraction of sp³-hybridized carbons (Fsp3) is 0.600. The van der Waals surface area contributed by atoms with Gasteiger partial charge in [0.05, 0.1) is 12.2 Å². The summed E-state index contributed by atoms with van der Waals surface area (Å²) in [5.41, 5.74) is 0. The molecule has 0 aliphatic heterocycles. The van der Waals surface area contributed by atoms with Crippen LogP contribution >= 0.6 is 0 Å². The highest BCUT2D eigenvalue weighted by Gasteiger charge is 2.11. The Kier molecular flexibility index (Phi) is 19.2. The van der Waals surface area contributed by atoms with E-state index in [1.807, 2.05) is 30.4 Å². The molecular weight excluding hydrogens is 412 g/mol. The van der Waals surface area contributed by atoms with Crippen LogP contribution in [0.15, 0.2) is 48.6 Å². The van der Waals surface area contributed by atoms with E-state index in [4.69, 9.17) is 4.74 Å². The molecular formula is C25H40O7. The second kappa shape index (κ2) is 20.7. The third kappa shape index (κ3) is 21.0. The van der Waals surface area contributed by atoms with E-state index in [9.17, 15) is 24.9 Å². The van der Waals surface area contributed by atoms with Crippen molar-refractivity contribution in [2.24, 2.45) is 0 Å². The second-order valence-electron chi connectivity index (χ2n) is 7.52. The average molecular weight is 453 g/mol. The van der Waals surface area contributed by atoms with Crippen LogP contribution in [0.25, 0.3) is 0 Å². The van der Waals surface area contributed by atoms with Gasteiger partial charge in [-0.1, -0.05) is 74.8 Å². The number of aliphatic hydroxyl groups excluding tert-OH is 3. The molecule has 0 aliphatic carbocycles. The van der Waals surface area contributed by atoms with Crippen molar-refractivity contribution < 1.29 is 34.4 Å². The molecule has 0 aromatic heterocycles. The van der Waals surface area contributed by atoms with Crippen molar-refractivity contribution in [1.29, 1.82) is 0 Å². The summed E-state index contributed by atoms with van der Waals surface area (Å²) >= 11 is 0. The Morgan fingerprint density at radius 3 is 1.94 bits per heavy atom. The Balaban J connectivity index is 3.83. The van der Waals surface area contributed by atoms with Crippen LogP contribution in [0.1, 0.15) is 65.2 Å². The van der Waals surface area contributed by atoms with Crippen molar-refractivity contribution in [3.63, 3.8) is 0 Å². The smallest absolute Gasteiger partial charge is 0.305 e. The minimum Gasteiger partial charge on any atom is -0.463 e. The maximum Gasteiger partial charge on any atom is 0.305 e. The lowest BCUT2D eigenvalue weighted by molar-refractivity contribution is -0.151. The molecule has 182 valence electrons. The zero-order valence-electron chi connectivity index (χ0n) is 19.4. The summed E-state index contributed by atoms with van der Waals surface area (Å²) < 4.78 is 9.50. The van der Waals surface area contributed by atoms with Crippen LogP contribution in [0, 0.1) is 0 Å². The van der Waals surface area contributed by atoms with Gasteiger partial charge in [0.1, 0.15) is 19.3 Å². The molecule has 0 amide bonds. The number of hydrogen-bond acceptors (Lipinski definition) is 7. The molecule has 7 nitrogen and oxygen atoms in total. The van der Waals surface area contributed by atoms with Gasteiger partial charge in [0.25, 0.3) is 0 Å². The van der Waals surface area contributed by atoms with Gasteiger partial charge >= 0.3 is 11.9 Å². The van der Waals surface area contributed by atoms with E-state index in [1.54, 1.807) is 18.2 Å². The number of ether oxygens (including phenoxy) is 2. The zero-order chi connectivity index (χ0) is 24.0. The molecule has 0 aliphatic rings. The quantitative estimate of drug-likeness (QED) is 0.166. The number of aliphatic hydroxyl groups is 3. The molecule has 0 aromatic carbocycles. The van der Waals surface area contributed by atoms with Gasteiger partial charge in [0, 0.05) is 13.3 Å². The molecule has 0 rings (SSSR count). The molecule has 0 aromatic rings. The Morgan fingerprint density at radius 2 is 1.38 bits per heavy atom.